The number of hydrogen-bond donors (Lipinski definition) is 4. The van der Waals surface area contributed by atoms with Crippen LogP contribution >= 0.6 is 0 Å². The molecule has 1 atom stereocenters. The van der Waals surface area contributed by atoms with Crippen LogP contribution in [0.4, 0.5) is 16.2 Å². The van der Waals surface area contributed by atoms with E-state index in [4.69, 9.17) is 5.11 Å². The number of aliphatic imine (C=N–C) groups is 1. The van der Waals surface area contributed by atoms with Gasteiger partial charge in [-0.2, -0.15) is 0 Å². The maximum atomic E-state index is 13.4. The van der Waals surface area contributed by atoms with Crippen molar-refractivity contribution >= 4 is 34.9 Å². The predicted octanol–water partition coefficient (Wildman–Crippen LogP) is 1.72. The first-order valence-electron chi connectivity index (χ1n) is 10.3. The van der Waals surface area contributed by atoms with Crippen molar-refractivity contribution in [3.63, 3.8) is 0 Å². The molecule has 1 heterocycles. The monoisotopic (exact) mass is 437 g/mol. The number of amides is 4. The largest absolute Gasteiger partial charge is 0.395 e. The predicted molar refractivity (Wildman–Crippen MR) is 123 cm³/mol. The summed E-state index contributed by atoms with van der Waals surface area (Å²) in [5, 5.41) is 16.8. The molecule has 0 bridgehead atoms. The number of anilines is 2. The highest BCUT2D eigenvalue weighted by atomic mass is 16.3. The molecule has 0 saturated heterocycles. The van der Waals surface area contributed by atoms with Crippen LogP contribution in [0, 0.1) is 13.8 Å². The van der Waals surface area contributed by atoms with Crippen molar-refractivity contribution in [1.29, 1.82) is 0 Å². The average molecular weight is 438 g/mol. The van der Waals surface area contributed by atoms with Gasteiger partial charge >= 0.3 is 6.03 Å². The number of carbonyl (C=O) groups is 3. The van der Waals surface area contributed by atoms with Crippen LogP contribution in [0.15, 0.2) is 47.5 Å². The summed E-state index contributed by atoms with van der Waals surface area (Å²) in [7, 11) is 0. The highest BCUT2D eigenvalue weighted by Crippen LogP contribution is 2.29. The number of nitrogens with one attached hydrogen (secondary N) is 3. The smallest absolute Gasteiger partial charge is 0.321 e. The van der Waals surface area contributed by atoms with Crippen LogP contribution in [0.5, 0.6) is 0 Å². The average Bonchev–Trinajstić information content (AvgIpc) is 2.83. The van der Waals surface area contributed by atoms with Crippen LogP contribution < -0.4 is 20.9 Å². The van der Waals surface area contributed by atoms with Crippen LogP contribution in [-0.2, 0) is 9.59 Å². The molecule has 32 heavy (non-hydrogen) atoms. The summed E-state index contributed by atoms with van der Waals surface area (Å²) >= 11 is 0. The highest BCUT2D eigenvalue weighted by molar-refractivity contribution is 6.14. The molecule has 1 aliphatic heterocycles. The summed E-state index contributed by atoms with van der Waals surface area (Å²) in [5.74, 6) is -0.958. The zero-order valence-electron chi connectivity index (χ0n) is 18.3. The topological polar surface area (TPSA) is 123 Å². The molecule has 2 aromatic carbocycles. The Labute approximate surface area is 186 Å². The molecule has 1 unspecified atom stereocenters. The maximum Gasteiger partial charge on any atom is 0.321 e. The molecular formula is C23H27N5O4. The molecule has 0 fully saturated rings. The first kappa shape index (κ1) is 23.0. The fraction of sp³-hybridized carbons (Fsp3) is 0.304. The second-order valence-electron chi connectivity index (χ2n) is 7.55. The van der Waals surface area contributed by atoms with E-state index in [2.05, 4.69) is 20.9 Å². The summed E-state index contributed by atoms with van der Waals surface area (Å²) in [6, 6.07) is 12.2. The SMILES string of the molecule is CC1=NC(NC(=O)Nc2cccc(C)c2)C(=O)N(CC(=O)NCCO)c2c(C)cccc21. The molecular weight excluding hydrogens is 410 g/mol. The number of urea groups is 1. The second kappa shape index (κ2) is 10.1. The van der Waals surface area contributed by atoms with E-state index < -0.39 is 24.0 Å². The summed E-state index contributed by atoms with van der Waals surface area (Å²) in [6.07, 6.45) is -1.21. The van der Waals surface area contributed by atoms with E-state index in [0.717, 1.165) is 11.1 Å². The molecule has 0 aliphatic carbocycles. The normalized spacial score (nSPS) is 15.4. The van der Waals surface area contributed by atoms with Gasteiger partial charge in [0.25, 0.3) is 5.91 Å². The molecule has 4 amide bonds. The van der Waals surface area contributed by atoms with Crippen molar-refractivity contribution in [1.82, 2.24) is 10.6 Å². The van der Waals surface area contributed by atoms with Crippen LogP contribution in [0.2, 0.25) is 0 Å². The first-order valence-corrected chi connectivity index (χ1v) is 10.3. The molecule has 3 rings (SSSR count). The minimum Gasteiger partial charge on any atom is -0.395 e. The Kier molecular flexibility index (Phi) is 7.21. The highest BCUT2D eigenvalue weighted by Gasteiger charge is 2.33. The van der Waals surface area contributed by atoms with E-state index in [9.17, 15) is 14.4 Å². The zero-order chi connectivity index (χ0) is 23.3. The number of para-hydroxylation sites is 1. The number of nitrogens with zero attached hydrogens (tertiary/aromatic N) is 2. The van der Waals surface area contributed by atoms with E-state index in [1.807, 2.05) is 44.2 Å². The third-order valence-corrected chi connectivity index (χ3v) is 5.00. The van der Waals surface area contributed by atoms with Gasteiger partial charge in [0.15, 0.2) is 0 Å². The van der Waals surface area contributed by atoms with Crippen LogP contribution in [-0.4, -0.2) is 54.5 Å². The van der Waals surface area contributed by atoms with Crippen LogP contribution in [0.3, 0.4) is 0 Å². The number of aliphatic hydroxyl groups is 1. The first-order chi connectivity index (χ1) is 15.3. The molecule has 0 radical (unpaired) electrons. The van der Waals surface area contributed by atoms with Gasteiger partial charge in [-0.3, -0.25) is 19.5 Å². The number of aryl methyl sites for hydroxylation is 2. The summed E-state index contributed by atoms with van der Waals surface area (Å²) in [4.78, 5) is 44.1. The number of carbonyl (C=O) groups excluding carboxylic acids is 3. The standard InChI is InChI=1S/C23H27N5O4/c1-14-6-4-8-17(12-14)26-23(32)27-21-22(31)28(13-19(30)24-10-11-29)20-15(2)7-5-9-18(20)16(3)25-21/h4-9,12,21,29H,10-11,13H2,1-3H3,(H,24,30)(H2,26,27,32). The van der Waals surface area contributed by atoms with Crippen molar-refractivity contribution in [3.05, 3.63) is 59.2 Å². The Hall–Kier alpha value is -3.72. The van der Waals surface area contributed by atoms with E-state index in [1.54, 1.807) is 19.1 Å². The number of aliphatic hydroxyl groups excluding tert-OH is 1. The van der Waals surface area contributed by atoms with Crippen molar-refractivity contribution < 1.29 is 19.5 Å². The summed E-state index contributed by atoms with van der Waals surface area (Å²) < 4.78 is 0. The van der Waals surface area contributed by atoms with Gasteiger partial charge in [-0.1, -0.05) is 30.3 Å². The molecule has 9 heteroatoms. The lowest BCUT2D eigenvalue weighted by Gasteiger charge is -2.26. The molecule has 1 aliphatic rings. The lowest BCUT2D eigenvalue weighted by molar-refractivity contribution is -0.124. The molecule has 0 aromatic heterocycles. The van der Waals surface area contributed by atoms with Gasteiger partial charge in [0, 0.05) is 23.5 Å². The lowest BCUT2D eigenvalue weighted by Crippen LogP contribution is -2.51. The molecule has 168 valence electrons. The van der Waals surface area contributed by atoms with Gasteiger partial charge in [-0.25, -0.2) is 4.79 Å². The van der Waals surface area contributed by atoms with Crippen molar-refractivity contribution in [2.24, 2.45) is 4.99 Å². The summed E-state index contributed by atoms with van der Waals surface area (Å²) in [6.45, 7) is 5.12. The van der Waals surface area contributed by atoms with E-state index in [-0.39, 0.29) is 19.7 Å². The summed E-state index contributed by atoms with van der Waals surface area (Å²) in [5.41, 5.74) is 4.20. The second-order valence-corrected chi connectivity index (χ2v) is 7.55. The van der Waals surface area contributed by atoms with Gasteiger partial charge in [-0.15, -0.1) is 0 Å². The Morgan fingerprint density at radius 1 is 1.12 bits per heavy atom. The molecule has 0 saturated carbocycles. The Morgan fingerprint density at radius 2 is 1.88 bits per heavy atom. The quantitative estimate of drug-likeness (QED) is 0.549. The van der Waals surface area contributed by atoms with Crippen LogP contribution in [0.1, 0.15) is 23.6 Å². The number of hydrogen-bond acceptors (Lipinski definition) is 5. The third kappa shape index (κ3) is 5.30. The zero-order valence-corrected chi connectivity index (χ0v) is 18.3. The number of fused-ring (bicyclic) bond motifs is 1. The van der Waals surface area contributed by atoms with Crippen molar-refractivity contribution in [2.45, 2.75) is 26.9 Å². The number of benzodiazepines with no additional fused rings is 1. The molecule has 0 spiro atoms. The van der Waals surface area contributed by atoms with Crippen molar-refractivity contribution in [3.8, 4) is 0 Å². The third-order valence-electron chi connectivity index (χ3n) is 5.00. The Bertz CT molecular complexity index is 1070. The van der Waals surface area contributed by atoms with Gasteiger partial charge in [0.1, 0.15) is 6.54 Å². The Morgan fingerprint density at radius 3 is 2.59 bits per heavy atom. The Balaban J connectivity index is 1.88. The van der Waals surface area contributed by atoms with Crippen molar-refractivity contribution in [2.75, 3.05) is 29.9 Å². The van der Waals surface area contributed by atoms with Gasteiger partial charge in [0.05, 0.1) is 12.3 Å². The molecule has 2 aromatic rings. The maximum absolute atomic E-state index is 13.4. The van der Waals surface area contributed by atoms with Crippen LogP contribution in [0.25, 0.3) is 0 Å². The fourth-order valence-electron chi connectivity index (χ4n) is 3.55. The minimum atomic E-state index is -1.21. The lowest BCUT2D eigenvalue weighted by atomic mass is 10.0. The fourth-order valence-corrected chi connectivity index (χ4v) is 3.55. The van der Waals surface area contributed by atoms with Gasteiger partial charge in [0.2, 0.25) is 12.1 Å². The van der Waals surface area contributed by atoms with Gasteiger partial charge < -0.3 is 21.1 Å². The minimum absolute atomic E-state index is 0.0809. The molecule has 4 N–H and O–H groups in total. The van der Waals surface area contributed by atoms with E-state index in [1.165, 1.54) is 4.90 Å². The number of benzene rings is 2. The van der Waals surface area contributed by atoms with E-state index >= 15 is 0 Å². The molecule has 9 nitrogen and oxygen atoms in total. The van der Waals surface area contributed by atoms with E-state index in [0.29, 0.717) is 22.6 Å². The number of rotatable bonds is 6. The van der Waals surface area contributed by atoms with Gasteiger partial charge in [-0.05, 0) is 44.0 Å².